The van der Waals surface area contributed by atoms with E-state index in [4.69, 9.17) is 10.5 Å². The molecule has 0 heterocycles. The monoisotopic (exact) mass is 240 g/mol. The molecule has 0 bridgehead atoms. The van der Waals surface area contributed by atoms with Crippen LogP contribution in [0.2, 0.25) is 0 Å². The van der Waals surface area contributed by atoms with Crippen LogP contribution in [0.25, 0.3) is 0 Å². The van der Waals surface area contributed by atoms with Gasteiger partial charge in [0.05, 0.1) is 7.11 Å². The van der Waals surface area contributed by atoms with Gasteiger partial charge in [0.25, 0.3) is 0 Å². The lowest BCUT2D eigenvalue weighted by Gasteiger charge is -2.21. The third kappa shape index (κ3) is 3.68. The van der Waals surface area contributed by atoms with Gasteiger partial charge in [0, 0.05) is 24.7 Å². The first kappa shape index (κ1) is 13.9. The van der Waals surface area contributed by atoms with E-state index in [0.29, 0.717) is 30.3 Å². The van der Waals surface area contributed by atoms with Crippen molar-refractivity contribution in [1.82, 2.24) is 5.32 Å². The molecule has 0 spiro atoms. The van der Waals surface area contributed by atoms with E-state index in [-0.39, 0.29) is 11.9 Å². The molecular formula is C13H21FN2O. The van der Waals surface area contributed by atoms with Crippen LogP contribution in [0.4, 0.5) is 4.39 Å². The highest BCUT2D eigenvalue weighted by Crippen LogP contribution is 2.21. The molecule has 0 fully saturated rings. The van der Waals surface area contributed by atoms with Crippen molar-refractivity contribution >= 4 is 0 Å². The van der Waals surface area contributed by atoms with Crippen LogP contribution in [-0.2, 0) is 6.54 Å². The predicted octanol–water partition coefficient (Wildman–Crippen LogP) is 1.91. The van der Waals surface area contributed by atoms with Crippen LogP contribution in [0.15, 0.2) is 18.2 Å². The van der Waals surface area contributed by atoms with Gasteiger partial charge in [0.2, 0.25) is 0 Å². The summed E-state index contributed by atoms with van der Waals surface area (Å²) in [7, 11) is 1.54. The lowest BCUT2D eigenvalue weighted by Crippen LogP contribution is -2.39. The molecule has 0 saturated carbocycles. The van der Waals surface area contributed by atoms with Crippen LogP contribution in [0.1, 0.15) is 19.4 Å². The quantitative estimate of drug-likeness (QED) is 0.798. The average Bonchev–Trinajstić information content (AvgIpc) is 2.31. The second kappa shape index (κ2) is 6.57. The first-order valence-corrected chi connectivity index (χ1v) is 5.85. The number of nitrogens with one attached hydrogen (secondary N) is 1. The summed E-state index contributed by atoms with van der Waals surface area (Å²) in [5.41, 5.74) is 6.21. The molecule has 1 aromatic carbocycles. The summed E-state index contributed by atoms with van der Waals surface area (Å²) >= 11 is 0. The van der Waals surface area contributed by atoms with Gasteiger partial charge >= 0.3 is 0 Å². The lowest BCUT2D eigenvalue weighted by atomic mass is 10.0. The molecule has 0 aliphatic carbocycles. The van der Waals surface area contributed by atoms with Crippen molar-refractivity contribution in [2.45, 2.75) is 26.4 Å². The van der Waals surface area contributed by atoms with Gasteiger partial charge in [-0.25, -0.2) is 4.39 Å². The maximum absolute atomic E-state index is 13.6. The zero-order valence-electron chi connectivity index (χ0n) is 10.7. The van der Waals surface area contributed by atoms with Crippen LogP contribution in [0.3, 0.4) is 0 Å². The van der Waals surface area contributed by atoms with Crippen molar-refractivity contribution in [3.8, 4) is 5.75 Å². The second-order valence-electron chi connectivity index (χ2n) is 4.39. The van der Waals surface area contributed by atoms with Crippen LogP contribution in [-0.4, -0.2) is 19.7 Å². The van der Waals surface area contributed by atoms with Gasteiger partial charge in [0.15, 0.2) is 0 Å². The van der Waals surface area contributed by atoms with Gasteiger partial charge in [-0.1, -0.05) is 19.9 Å². The van der Waals surface area contributed by atoms with E-state index in [2.05, 4.69) is 19.2 Å². The fraction of sp³-hybridized carbons (Fsp3) is 0.538. The van der Waals surface area contributed by atoms with Crippen molar-refractivity contribution in [3.63, 3.8) is 0 Å². The maximum atomic E-state index is 13.6. The van der Waals surface area contributed by atoms with E-state index in [1.807, 2.05) is 0 Å². The Bertz CT molecular complexity index is 355. The summed E-state index contributed by atoms with van der Waals surface area (Å²) in [5.74, 6) is 0.728. The Labute approximate surface area is 102 Å². The Morgan fingerprint density at radius 3 is 2.65 bits per heavy atom. The minimum Gasteiger partial charge on any atom is -0.496 e. The van der Waals surface area contributed by atoms with Gasteiger partial charge in [-0.15, -0.1) is 0 Å². The molecule has 0 amide bonds. The van der Waals surface area contributed by atoms with E-state index >= 15 is 0 Å². The molecule has 17 heavy (non-hydrogen) atoms. The molecule has 1 rings (SSSR count). The predicted molar refractivity (Wildman–Crippen MR) is 67.5 cm³/mol. The molecule has 0 aliphatic heterocycles. The molecule has 1 unspecified atom stereocenters. The standard InChI is InChI=1S/C13H21FN2O/c1-9(2)12(7-15)16-8-10-11(14)5-4-6-13(10)17-3/h4-6,9,12,16H,7-8,15H2,1-3H3. The number of nitrogens with two attached hydrogens (primary N) is 1. The lowest BCUT2D eigenvalue weighted by molar-refractivity contribution is 0.379. The summed E-state index contributed by atoms with van der Waals surface area (Å²) in [6.45, 7) is 5.14. The maximum Gasteiger partial charge on any atom is 0.131 e. The van der Waals surface area contributed by atoms with Gasteiger partial charge in [-0.2, -0.15) is 0 Å². The van der Waals surface area contributed by atoms with Crippen molar-refractivity contribution in [1.29, 1.82) is 0 Å². The summed E-state index contributed by atoms with van der Waals surface area (Å²) < 4.78 is 18.8. The van der Waals surface area contributed by atoms with Crippen LogP contribution in [0, 0.1) is 11.7 Å². The zero-order chi connectivity index (χ0) is 12.8. The largest absolute Gasteiger partial charge is 0.496 e. The van der Waals surface area contributed by atoms with Crippen molar-refractivity contribution in [2.24, 2.45) is 11.7 Å². The van der Waals surface area contributed by atoms with Crippen molar-refractivity contribution < 1.29 is 9.13 Å². The van der Waals surface area contributed by atoms with E-state index in [9.17, 15) is 4.39 Å². The van der Waals surface area contributed by atoms with E-state index in [1.165, 1.54) is 6.07 Å². The van der Waals surface area contributed by atoms with Crippen molar-refractivity contribution in [2.75, 3.05) is 13.7 Å². The highest BCUT2D eigenvalue weighted by Gasteiger charge is 2.14. The van der Waals surface area contributed by atoms with Gasteiger partial charge in [0.1, 0.15) is 11.6 Å². The fourth-order valence-corrected chi connectivity index (χ4v) is 1.73. The van der Waals surface area contributed by atoms with Gasteiger partial charge in [-0.3, -0.25) is 0 Å². The number of hydrogen-bond donors (Lipinski definition) is 2. The summed E-state index contributed by atoms with van der Waals surface area (Å²) in [6.07, 6.45) is 0. The molecule has 1 atom stereocenters. The summed E-state index contributed by atoms with van der Waals surface area (Å²) in [4.78, 5) is 0. The first-order valence-electron chi connectivity index (χ1n) is 5.85. The summed E-state index contributed by atoms with van der Waals surface area (Å²) in [5, 5.41) is 3.26. The Kier molecular flexibility index (Phi) is 5.38. The second-order valence-corrected chi connectivity index (χ2v) is 4.39. The highest BCUT2D eigenvalue weighted by atomic mass is 19.1. The van der Waals surface area contributed by atoms with Crippen LogP contribution in [0.5, 0.6) is 5.75 Å². The highest BCUT2D eigenvalue weighted by molar-refractivity contribution is 5.34. The minimum atomic E-state index is -0.253. The van der Waals surface area contributed by atoms with Gasteiger partial charge in [-0.05, 0) is 18.1 Å². The zero-order valence-corrected chi connectivity index (χ0v) is 10.7. The Balaban J connectivity index is 2.74. The third-order valence-corrected chi connectivity index (χ3v) is 2.90. The summed E-state index contributed by atoms with van der Waals surface area (Å²) in [6, 6.07) is 5.01. The van der Waals surface area contributed by atoms with Gasteiger partial charge < -0.3 is 15.8 Å². The molecule has 0 radical (unpaired) electrons. The van der Waals surface area contributed by atoms with E-state index in [1.54, 1.807) is 19.2 Å². The smallest absolute Gasteiger partial charge is 0.131 e. The number of methoxy groups -OCH3 is 1. The molecule has 3 N–H and O–H groups in total. The third-order valence-electron chi connectivity index (χ3n) is 2.90. The molecule has 4 heteroatoms. The SMILES string of the molecule is COc1cccc(F)c1CNC(CN)C(C)C. The number of halogens is 1. The molecule has 96 valence electrons. The molecule has 1 aromatic rings. The average molecular weight is 240 g/mol. The fourth-order valence-electron chi connectivity index (χ4n) is 1.73. The number of ether oxygens (including phenoxy) is 1. The number of hydrogen-bond acceptors (Lipinski definition) is 3. The topological polar surface area (TPSA) is 47.3 Å². The van der Waals surface area contributed by atoms with Crippen LogP contribution >= 0.6 is 0 Å². The van der Waals surface area contributed by atoms with E-state index < -0.39 is 0 Å². The van der Waals surface area contributed by atoms with Crippen LogP contribution < -0.4 is 15.8 Å². The molecule has 3 nitrogen and oxygen atoms in total. The number of rotatable bonds is 6. The molecule has 0 aliphatic rings. The minimum absolute atomic E-state index is 0.180. The van der Waals surface area contributed by atoms with E-state index in [0.717, 1.165) is 0 Å². The normalized spacial score (nSPS) is 12.8. The number of benzene rings is 1. The Morgan fingerprint density at radius 1 is 1.41 bits per heavy atom. The molecule has 0 saturated heterocycles. The van der Waals surface area contributed by atoms with Crippen molar-refractivity contribution in [3.05, 3.63) is 29.6 Å². The molecule has 0 aromatic heterocycles. The Morgan fingerprint density at radius 2 is 2.12 bits per heavy atom. The Hall–Kier alpha value is -1.13. The molecular weight excluding hydrogens is 219 g/mol. The first-order chi connectivity index (χ1) is 8.10.